The molecule has 3 aromatic rings. The molecule has 4 rings (SSSR count). The Morgan fingerprint density at radius 2 is 1.68 bits per heavy atom. The van der Waals surface area contributed by atoms with E-state index in [9.17, 15) is 18.3 Å². The molecular weight excluding hydrogens is 378 g/mol. The lowest BCUT2D eigenvalue weighted by atomic mass is 10.0. The van der Waals surface area contributed by atoms with Crippen LogP contribution in [0.2, 0.25) is 0 Å². The van der Waals surface area contributed by atoms with Crippen molar-refractivity contribution in [1.82, 2.24) is 4.31 Å². The largest absolute Gasteiger partial charge is 0.505 e. The summed E-state index contributed by atoms with van der Waals surface area (Å²) in [6.07, 6.45) is 0. The van der Waals surface area contributed by atoms with Gasteiger partial charge in [0.05, 0.1) is 0 Å². The van der Waals surface area contributed by atoms with Gasteiger partial charge in [-0.3, -0.25) is 4.31 Å². The fraction of sp³-hybridized carbons (Fsp3) is 0.0952. The molecule has 0 radical (unpaired) electrons. The Morgan fingerprint density at radius 1 is 1.00 bits per heavy atom. The monoisotopic (exact) mass is 395 g/mol. The molecule has 0 aliphatic carbocycles. The number of fused-ring (bicyclic) bond motifs is 3. The maximum Gasteiger partial charge on any atom is 0.359 e. The molecule has 0 amide bonds. The van der Waals surface area contributed by atoms with E-state index in [4.69, 9.17) is 4.74 Å². The first kappa shape index (κ1) is 18.1. The van der Waals surface area contributed by atoms with Crippen LogP contribution < -0.4 is 0 Å². The summed E-state index contributed by atoms with van der Waals surface area (Å²) >= 11 is 0. The Morgan fingerprint density at radius 3 is 2.43 bits per heavy atom. The molecule has 0 saturated carbocycles. The quantitative estimate of drug-likeness (QED) is 0.687. The first-order chi connectivity index (χ1) is 13.4. The van der Waals surface area contributed by atoms with Gasteiger partial charge in [-0.25, -0.2) is 13.2 Å². The zero-order valence-corrected chi connectivity index (χ0v) is 15.8. The number of hydrogen-bond donors (Lipinski definition) is 1. The van der Waals surface area contributed by atoms with Crippen LogP contribution in [0, 0.1) is 0 Å². The van der Waals surface area contributed by atoms with E-state index in [0.29, 0.717) is 5.39 Å². The van der Waals surface area contributed by atoms with E-state index in [1.54, 1.807) is 54.6 Å². The third-order valence-corrected chi connectivity index (χ3v) is 6.56. The molecule has 1 aliphatic rings. The van der Waals surface area contributed by atoms with Gasteiger partial charge >= 0.3 is 5.97 Å². The number of carbonyl (C=O) groups excluding carboxylic acids is 1. The number of nitrogens with zero attached hydrogens (tertiary/aromatic N) is 1. The third-order valence-electron chi connectivity index (χ3n) is 4.70. The molecule has 28 heavy (non-hydrogen) atoms. The highest BCUT2D eigenvalue weighted by Gasteiger charge is 2.39. The molecule has 1 N–H and O–H groups in total. The Kier molecular flexibility index (Phi) is 4.31. The number of esters is 1. The van der Waals surface area contributed by atoms with E-state index in [2.05, 4.69) is 0 Å². The predicted molar refractivity (Wildman–Crippen MR) is 105 cm³/mol. The number of sulfonamides is 1. The van der Waals surface area contributed by atoms with Crippen LogP contribution in [0.5, 0.6) is 0 Å². The normalized spacial score (nSPS) is 15.4. The van der Waals surface area contributed by atoms with Crippen molar-refractivity contribution < 1.29 is 23.1 Å². The van der Waals surface area contributed by atoms with E-state index in [1.807, 2.05) is 6.07 Å². The summed E-state index contributed by atoms with van der Waals surface area (Å²) in [5.74, 6) is -1.33. The highest BCUT2D eigenvalue weighted by atomic mass is 32.2. The number of aliphatic hydroxyl groups is 1. The minimum atomic E-state index is -4.04. The number of rotatable bonds is 3. The fourth-order valence-corrected chi connectivity index (χ4v) is 4.84. The molecule has 0 spiro atoms. The molecule has 0 aromatic heterocycles. The predicted octanol–water partition coefficient (Wildman–Crippen LogP) is 3.44. The molecule has 0 saturated heterocycles. The SMILES string of the molecule is CN1C(C(=O)OCc2ccccc2)=C(O)c2ccc3ccccc3c2S1(=O)=O. The van der Waals surface area contributed by atoms with Crippen LogP contribution >= 0.6 is 0 Å². The zero-order valence-electron chi connectivity index (χ0n) is 15.0. The topological polar surface area (TPSA) is 83.9 Å². The van der Waals surface area contributed by atoms with Crippen molar-refractivity contribution in [1.29, 1.82) is 0 Å². The molecule has 1 heterocycles. The van der Waals surface area contributed by atoms with E-state index < -0.39 is 27.4 Å². The van der Waals surface area contributed by atoms with Crippen LogP contribution in [0.3, 0.4) is 0 Å². The number of likely N-dealkylation sites (N-methyl/N-ethyl adjacent to an activating group) is 1. The zero-order chi connectivity index (χ0) is 19.9. The molecule has 0 bridgehead atoms. The van der Waals surface area contributed by atoms with Gasteiger partial charge in [-0.05, 0) is 17.0 Å². The Bertz CT molecular complexity index is 1220. The molecular formula is C21H17NO5S. The second-order valence-electron chi connectivity index (χ2n) is 6.39. The van der Waals surface area contributed by atoms with Crippen molar-refractivity contribution >= 4 is 32.5 Å². The lowest BCUT2D eigenvalue weighted by Crippen LogP contribution is -2.36. The van der Waals surface area contributed by atoms with Gasteiger partial charge in [0.1, 0.15) is 11.5 Å². The second-order valence-corrected chi connectivity index (χ2v) is 8.30. The van der Waals surface area contributed by atoms with Crippen molar-refractivity contribution in [3.05, 3.63) is 83.6 Å². The number of hydrogen-bond acceptors (Lipinski definition) is 5. The third kappa shape index (κ3) is 2.80. The van der Waals surface area contributed by atoms with Crippen LogP contribution in [0.4, 0.5) is 0 Å². The average molecular weight is 395 g/mol. The lowest BCUT2D eigenvalue weighted by Gasteiger charge is -2.28. The van der Waals surface area contributed by atoms with Crippen molar-refractivity contribution in [3.63, 3.8) is 0 Å². The molecule has 7 heteroatoms. The van der Waals surface area contributed by atoms with Gasteiger partial charge in [0.15, 0.2) is 11.5 Å². The van der Waals surface area contributed by atoms with Crippen molar-refractivity contribution in [2.24, 2.45) is 0 Å². The van der Waals surface area contributed by atoms with Gasteiger partial charge in [-0.15, -0.1) is 0 Å². The smallest absolute Gasteiger partial charge is 0.359 e. The molecule has 0 fully saturated rings. The first-order valence-electron chi connectivity index (χ1n) is 8.56. The van der Waals surface area contributed by atoms with Crippen LogP contribution in [0.15, 0.2) is 77.3 Å². The van der Waals surface area contributed by atoms with E-state index >= 15 is 0 Å². The highest BCUT2D eigenvalue weighted by molar-refractivity contribution is 7.89. The van der Waals surface area contributed by atoms with Crippen LogP contribution in [0.1, 0.15) is 11.1 Å². The maximum atomic E-state index is 13.1. The summed E-state index contributed by atoms with van der Waals surface area (Å²) in [6.45, 7) is -0.0328. The number of benzene rings is 3. The van der Waals surface area contributed by atoms with E-state index in [-0.39, 0.29) is 17.1 Å². The molecule has 0 unspecified atom stereocenters. The average Bonchev–Trinajstić information content (AvgIpc) is 2.71. The molecule has 3 aromatic carbocycles. The molecule has 142 valence electrons. The lowest BCUT2D eigenvalue weighted by molar-refractivity contribution is -0.141. The summed E-state index contributed by atoms with van der Waals surface area (Å²) in [4.78, 5) is 12.6. The Balaban J connectivity index is 1.80. The van der Waals surface area contributed by atoms with Gasteiger partial charge < -0.3 is 9.84 Å². The highest BCUT2D eigenvalue weighted by Crippen LogP contribution is 2.39. The fourth-order valence-electron chi connectivity index (χ4n) is 3.26. The summed E-state index contributed by atoms with van der Waals surface area (Å²) in [7, 11) is -2.81. The van der Waals surface area contributed by atoms with Crippen LogP contribution in [0.25, 0.3) is 16.5 Å². The van der Waals surface area contributed by atoms with Gasteiger partial charge in [-0.1, -0.05) is 60.7 Å². The van der Waals surface area contributed by atoms with Crippen molar-refractivity contribution in [3.8, 4) is 0 Å². The number of aliphatic hydroxyl groups excluding tert-OH is 1. The second kappa shape index (κ2) is 6.69. The van der Waals surface area contributed by atoms with Crippen molar-refractivity contribution in [2.45, 2.75) is 11.5 Å². The Labute approximate surface area is 162 Å². The number of carbonyl (C=O) groups is 1. The van der Waals surface area contributed by atoms with Crippen LogP contribution in [-0.2, 0) is 26.2 Å². The van der Waals surface area contributed by atoms with E-state index in [1.165, 1.54) is 13.1 Å². The Hall–Kier alpha value is -3.32. The van der Waals surface area contributed by atoms with Crippen LogP contribution in [-0.4, -0.2) is 30.8 Å². The first-order valence-corrected chi connectivity index (χ1v) is 10.0. The standard InChI is InChI=1S/C21H17NO5S/c1-22-18(21(24)27-13-14-7-3-2-4-8-14)19(23)17-12-11-15-9-5-6-10-16(15)20(17)28(22,25)26/h2-12,23H,13H2,1H3. The molecule has 1 aliphatic heterocycles. The minimum Gasteiger partial charge on any atom is -0.505 e. The maximum absolute atomic E-state index is 13.1. The summed E-state index contributed by atoms with van der Waals surface area (Å²) in [5, 5.41) is 11.9. The summed E-state index contributed by atoms with van der Waals surface area (Å²) in [5.41, 5.74) is 0.436. The summed E-state index contributed by atoms with van der Waals surface area (Å²) < 4.78 is 32.3. The van der Waals surface area contributed by atoms with Crippen molar-refractivity contribution in [2.75, 3.05) is 7.05 Å². The molecule has 6 nitrogen and oxygen atoms in total. The van der Waals surface area contributed by atoms with Gasteiger partial charge in [-0.2, -0.15) is 0 Å². The van der Waals surface area contributed by atoms with Gasteiger partial charge in [0.25, 0.3) is 10.0 Å². The minimum absolute atomic E-state index is 0.0230. The van der Waals surface area contributed by atoms with E-state index in [0.717, 1.165) is 15.3 Å². The van der Waals surface area contributed by atoms with Gasteiger partial charge in [0, 0.05) is 18.0 Å². The number of ether oxygens (including phenoxy) is 1. The van der Waals surface area contributed by atoms with Gasteiger partial charge in [0.2, 0.25) is 0 Å². The summed E-state index contributed by atoms with van der Waals surface area (Å²) in [6, 6.07) is 19.2. The molecule has 0 atom stereocenters.